The monoisotopic (exact) mass is 324 g/mol. The van der Waals surface area contributed by atoms with Gasteiger partial charge in [-0.05, 0) is 56.3 Å². The molecule has 0 aliphatic carbocycles. The van der Waals surface area contributed by atoms with Crippen molar-refractivity contribution in [2.24, 2.45) is 0 Å². The smallest absolute Gasteiger partial charge is 0.257 e. The van der Waals surface area contributed by atoms with E-state index in [4.69, 9.17) is 5.73 Å². The van der Waals surface area contributed by atoms with Crippen LogP contribution in [0.3, 0.4) is 0 Å². The van der Waals surface area contributed by atoms with Gasteiger partial charge in [0.05, 0.1) is 17.6 Å². The van der Waals surface area contributed by atoms with E-state index in [-0.39, 0.29) is 17.2 Å². The van der Waals surface area contributed by atoms with Gasteiger partial charge in [-0.3, -0.25) is 4.79 Å². The van der Waals surface area contributed by atoms with Gasteiger partial charge in [0.2, 0.25) is 0 Å². The quantitative estimate of drug-likeness (QED) is 0.725. The molecule has 6 heteroatoms. The molecule has 0 fully saturated rings. The van der Waals surface area contributed by atoms with E-state index in [1.807, 2.05) is 30.5 Å². The maximum atomic E-state index is 13.1. The lowest BCUT2D eigenvalue weighted by Crippen LogP contribution is -2.14. The minimum absolute atomic E-state index is 0.105. The Hall–Kier alpha value is -3.15. The lowest BCUT2D eigenvalue weighted by molar-refractivity contribution is 0.102. The van der Waals surface area contributed by atoms with Crippen LogP contribution >= 0.6 is 0 Å². The molecule has 0 unspecified atom stereocenters. The lowest BCUT2D eigenvalue weighted by Gasteiger charge is -2.10. The number of imidazole rings is 1. The number of hydrogen-bond donors (Lipinski definition) is 2. The SMILES string of the molecule is Cc1ncn(-c2ccc(NC(=O)c3ccc(F)cc3N)cc2)c1C. The molecule has 0 aliphatic heterocycles. The van der Waals surface area contributed by atoms with E-state index >= 15 is 0 Å². The first-order valence-electron chi connectivity index (χ1n) is 7.43. The summed E-state index contributed by atoms with van der Waals surface area (Å²) in [5, 5.41) is 2.75. The third-order valence-corrected chi connectivity index (χ3v) is 3.91. The summed E-state index contributed by atoms with van der Waals surface area (Å²) < 4.78 is 15.0. The van der Waals surface area contributed by atoms with Crippen LogP contribution < -0.4 is 11.1 Å². The van der Waals surface area contributed by atoms with Gasteiger partial charge in [-0.1, -0.05) is 0 Å². The zero-order valence-corrected chi connectivity index (χ0v) is 13.4. The molecule has 2 aromatic carbocycles. The van der Waals surface area contributed by atoms with Gasteiger partial charge >= 0.3 is 0 Å². The molecule has 0 saturated heterocycles. The van der Waals surface area contributed by atoms with E-state index < -0.39 is 5.82 Å². The predicted octanol–water partition coefficient (Wildman–Crippen LogP) is 3.46. The Kier molecular flexibility index (Phi) is 4.04. The van der Waals surface area contributed by atoms with Crippen LogP contribution in [0, 0.1) is 19.7 Å². The Morgan fingerprint density at radius 1 is 1.17 bits per heavy atom. The molecule has 0 atom stereocenters. The predicted molar refractivity (Wildman–Crippen MR) is 91.8 cm³/mol. The highest BCUT2D eigenvalue weighted by atomic mass is 19.1. The molecule has 0 bridgehead atoms. The van der Waals surface area contributed by atoms with Gasteiger partial charge < -0.3 is 15.6 Å². The van der Waals surface area contributed by atoms with E-state index in [0.29, 0.717) is 5.69 Å². The summed E-state index contributed by atoms with van der Waals surface area (Å²) in [6.45, 7) is 3.95. The normalized spacial score (nSPS) is 10.6. The fourth-order valence-electron chi connectivity index (χ4n) is 2.40. The van der Waals surface area contributed by atoms with Crippen molar-refractivity contribution < 1.29 is 9.18 Å². The van der Waals surface area contributed by atoms with Crippen LogP contribution in [0.4, 0.5) is 15.8 Å². The zero-order valence-electron chi connectivity index (χ0n) is 13.4. The van der Waals surface area contributed by atoms with Crippen LogP contribution in [-0.4, -0.2) is 15.5 Å². The first-order chi connectivity index (χ1) is 11.5. The zero-order chi connectivity index (χ0) is 17.3. The van der Waals surface area contributed by atoms with Gasteiger partial charge in [-0.15, -0.1) is 0 Å². The summed E-state index contributed by atoms with van der Waals surface area (Å²) in [6.07, 6.45) is 1.76. The maximum absolute atomic E-state index is 13.1. The van der Waals surface area contributed by atoms with E-state index in [2.05, 4.69) is 10.3 Å². The van der Waals surface area contributed by atoms with Crippen molar-refractivity contribution in [2.75, 3.05) is 11.1 Å². The van der Waals surface area contributed by atoms with Crippen molar-refractivity contribution in [3.05, 3.63) is 71.6 Å². The number of anilines is 2. The van der Waals surface area contributed by atoms with Crippen molar-refractivity contribution in [2.45, 2.75) is 13.8 Å². The molecule has 122 valence electrons. The van der Waals surface area contributed by atoms with Crippen LogP contribution in [0.15, 0.2) is 48.8 Å². The molecule has 1 heterocycles. The molecule has 3 rings (SSSR count). The summed E-state index contributed by atoms with van der Waals surface area (Å²) in [7, 11) is 0. The fourth-order valence-corrected chi connectivity index (χ4v) is 2.40. The Morgan fingerprint density at radius 3 is 2.46 bits per heavy atom. The molecule has 1 aromatic heterocycles. The Labute approximate surface area is 138 Å². The number of rotatable bonds is 3. The van der Waals surface area contributed by atoms with Gasteiger partial charge in [-0.25, -0.2) is 9.37 Å². The number of nitrogens with two attached hydrogens (primary N) is 1. The first kappa shape index (κ1) is 15.7. The van der Waals surface area contributed by atoms with Gasteiger partial charge in [0.15, 0.2) is 0 Å². The van der Waals surface area contributed by atoms with Crippen molar-refractivity contribution in [3.8, 4) is 5.69 Å². The van der Waals surface area contributed by atoms with Gasteiger partial charge in [0.1, 0.15) is 5.82 Å². The molecule has 0 aliphatic rings. The van der Waals surface area contributed by atoms with Crippen molar-refractivity contribution in [1.82, 2.24) is 9.55 Å². The number of aryl methyl sites for hydroxylation is 1. The van der Waals surface area contributed by atoms with Gasteiger partial charge in [0.25, 0.3) is 5.91 Å². The van der Waals surface area contributed by atoms with Gasteiger partial charge in [-0.2, -0.15) is 0 Å². The molecule has 0 spiro atoms. The van der Waals surface area contributed by atoms with Crippen molar-refractivity contribution in [3.63, 3.8) is 0 Å². The number of aromatic nitrogens is 2. The number of benzene rings is 2. The topological polar surface area (TPSA) is 72.9 Å². The minimum atomic E-state index is -0.473. The maximum Gasteiger partial charge on any atom is 0.257 e. The van der Waals surface area contributed by atoms with Crippen LogP contribution in [0.25, 0.3) is 5.69 Å². The van der Waals surface area contributed by atoms with Crippen LogP contribution in [0.2, 0.25) is 0 Å². The molecule has 5 nitrogen and oxygen atoms in total. The number of carbonyl (C=O) groups excluding carboxylic acids is 1. The van der Waals surface area contributed by atoms with E-state index in [1.165, 1.54) is 12.1 Å². The summed E-state index contributed by atoms with van der Waals surface area (Å²) in [5.41, 5.74) is 9.64. The van der Waals surface area contributed by atoms with Gasteiger partial charge in [0, 0.05) is 22.8 Å². The number of carbonyl (C=O) groups is 1. The van der Waals surface area contributed by atoms with E-state index in [1.54, 1.807) is 18.5 Å². The van der Waals surface area contributed by atoms with Crippen LogP contribution in [0.1, 0.15) is 21.7 Å². The average Bonchev–Trinajstić information content (AvgIpc) is 2.87. The molecule has 0 saturated carbocycles. The highest BCUT2D eigenvalue weighted by Gasteiger charge is 2.11. The summed E-state index contributed by atoms with van der Waals surface area (Å²) in [6, 6.07) is 11.1. The summed E-state index contributed by atoms with van der Waals surface area (Å²) in [4.78, 5) is 16.5. The number of amides is 1. The van der Waals surface area contributed by atoms with Crippen molar-refractivity contribution in [1.29, 1.82) is 0 Å². The third-order valence-electron chi connectivity index (χ3n) is 3.91. The Balaban J connectivity index is 1.79. The summed E-state index contributed by atoms with van der Waals surface area (Å²) >= 11 is 0. The fraction of sp³-hybridized carbons (Fsp3) is 0.111. The lowest BCUT2D eigenvalue weighted by atomic mass is 10.1. The molecule has 3 N–H and O–H groups in total. The van der Waals surface area contributed by atoms with Crippen molar-refractivity contribution >= 4 is 17.3 Å². The summed E-state index contributed by atoms with van der Waals surface area (Å²) in [5.74, 6) is -0.852. The van der Waals surface area contributed by atoms with Crippen LogP contribution in [-0.2, 0) is 0 Å². The number of nitrogens with one attached hydrogen (secondary N) is 1. The largest absolute Gasteiger partial charge is 0.398 e. The second-order valence-corrected chi connectivity index (χ2v) is 5.52. The Bertz CT molecular complexity index is 900. The molecular formula is C18H17FN4O. The van der Waals surface area contributed by atoms with Crippen LogP contribution in [0.5, 0.6) is 0 Å². The number of hydrogen-bond acceptors (Lipinski definition) is 3. The second kappa shape index (κ2) is 6.16. The van der Waals surface area contributed by atoms with E-state index in [0.717, 1.165) is 23.1 Å². The minimum Gasteiger partial charge on any atom is -0.398 e. The second-order valence-electron chi connectivity index (χ2n) is 5.52. The Morgan fingerprint density at radius 2 is 1.88 bits per heavy atom. The average molecular weight is 324 g/mol. The molecule has 3 aromatic rings. The molecule has 0 radical (unpaired) electrons. The molecule has 24 heavy (non-hydrogen) atoms. The highest BCUT2D eigenvalue weighted by Crippen LogP contribution is 2.19. The van der Waals surface area contributed by atoms with E-state index in [9.17, 15) is 9.18 Å². The first-order valence-corrected chi connectivity index (χ1v) is 7.43. The number of halogens is 1. The number of nitrogens with zero attached hydrogens (tertiary/aromatic N) is 2. The highest BCUT2D eigenvalue weighted by molar-refractivity contribution is 6.07. The standard InChI is InChI=1S/C18H17FN4O/c1-11-12(2)23(10-21-11)15-6-4-14(5-7-15)22-18(24)16-8-3-13(19)9-17(16)20/h3-10H,20H2,1-2H3,(H,22,24). The third kappa shape index (κ3) is 2.99. The molecule has 1 amide bonds. The molecular weight excluding hydrogens is 307 g/mol. The number of nitrogen functional groups attached to an aromatic ring is 1.